The number of ketones is 1. The van der Waals surface area contributed by atoms with Crippen molar-refractivity contribution in [3.05, 3.63) is 11.1 Å². The zero-order chi connectivity index (χ0) is 12.3. The van der Waals surface area contributed by atoms with Crippen LogP contribution in [0, 0.1) is 11.3 Å². The van der Waals surface area contributed by atoms with Crippen LogP contribution in [0.25, 0.3) is 0 Å². The maximum atomic E-state index is 11.1. The molecule has 0 N–H and O–H groups in total. The summed E-state index contributed by atoms with van der Waals surface area (Å²) in [5, 5.41) is 0. The first-order valence-corrected chi connectivity index (χ1v) is 6.00. The Balaban J connectivity index is 2.83. The molecule has 1 atom stereocenters. The Labute approximate surface area is 98.1 Å². The van der Waals surface area contributed by atoms with Crippen LogP contribution in [0.5, 0.6) is 0 Å². The maximum absolute atomic E-state index is 11.1. The first-order valence-electron chi connectivity index (χ1n) is 6.00. The van der Waals surface area contributed by atoms with E-state index >= 15 is 0 Å². The lowest BCUT2D eigenvalue weighted by Gasteiger charge is -2.34. The summed E-state index contributed by atoms with van der Waals surface area (Å²) in [6.45, 7) is 8.24. The molecule has 1 rings (SSSR count). The van der Waals surface area contributed by atoms with Gasteiger partial charge in [0.25, 0.3) is 0 Å². The molecule has 0 aromatic carbocycles. The first-order chi connectivity index (χ1) is 7.34. The second-order valence-corrected chi connectivity index (χ2v) is 5.93. The summed E-state index contributed by atoms with van der Waals surface area (Å²) in [6.07, 6.45) is 4.27. The molecular formula is C14H22O2. The molecule has 1 aliphatic carbocycles. The highest BCUT2D eigenvalue weighted by atomic mass is 16.1. The minimum absolute atomic E-state index is 0.156. The van der Waals surface area contributed by atoms with E-state index in [1.807, 2.05) is 0 Å². The maximum Gasteiger partial charge on any atom is 0.146 e. The molecule has 2 nitrogen and oxygen atoms in total. The summed E-state index contributed by atoms with van der Waals surface area (Å²) in [5.74, 6) is 0.715. The number of aldehydes is 1. The average Bonchev–Trinajstić information content (AvgIpc) is 2.15. The van der Waals surface area contributed by atoms with E-state index < -0.39 is 0 Å². The lowest BCUT2D eigenvalue weighted by Crippen LogP contribution is -2.25. The number of allylic oxidation sites excluding steroid dienone is 2. The molecule has 0 saturated carbocycles. The molecule has 0 aliphatic heterocycles. The fourth-order valence-electron chi connectivity index (χ4n) is 2.39. The second-order valence-electron chi connectivity index (χ2n) is 5.93. The molecule has 0 aromatic rings. The molecule has 0 radical (unpaired) electrons. The topological polar surface area (TPSA) is 34.1 Å². The lowest BCUT2D eigenvalue weighted by atomic mass is 9.70. The molecule has 1 unspecified atom stereocenters. The van der Waals surface area contributed by atoms with Crippen molar-refractivity contribution in [2.75, 3.05) is 0 Å². The number of Topliss-reactive ketones (excluding diaryl/α,β-unsaturated/α-hetero) is 1. The smallest absolute Gasteiger partial charge is 0.146 e. The molecule has 0 fully saturated rings. The summed E-state index contributed by atoms with van der Waals surface area (Å²) in [5.41, 5.74) is 2.19. The predicted molar refractivity (Wildman–Crippen MR) is 65.2 cm³/mol. The molecule has 0 bridgehead atoms. The van der Waals surface area contributed by atoms with Gasteiger partial charge in [-0.05, 0) is 43.1 Å². The third-order valence-corrected chi connectivity index (χ3v) is 3.54. The normalized spacial score (nSPS) is 22.1. The molecule has 0 spiro atoms. The SMILES string of the molecule is CC(=O)CC1=C(C=O)CC(C(C)(C)C)CC1. The molecule has 16 heavy (non-hydrogen) atoms. The number of hydrogen-bond donors (Lipinski definition) is 0. The Morgan fingerprint density at radius 2 is 2.06 bits per heavy atom. The minimum atomic E-state index is 0.156. The van der Waals surface area contributed by atoms with E-state index in [2.05, 4.69) is 20.8 Å². The van der Waals surface area contributed by atoms with Crippen LogP contribution in [0.4, 0.5) is 0 Å². The highest BCUT2D eigenvalue weighted by Gasteiger charge is 2.29. The molecule has 0 heterocycles. The lowest BCUT2D eigenvalue weighted by molar-refractivity contribution is -0.116. The fraction of sp³-hybridized carbons (Fsp3) is 0.714. The van der Waals surface area contributed by atoms with Crippen molar-refractivity contribution in [3.63, 3.8) is 0 Å². The summed E-state index contributed by atoms with van der Waals surface area (Å²) in [7, 11) is 0. The monoisotopic (exact) mass is 222 g/mol. The molecule has 2 heteroatoms. The third-order valence-electron chi connectivity index (χ3n) is 3.54. The van der Waals surface area contributed by atoms with Crippen LogP contribution in [0.1, 0.15) is 53.4 Å². The van der Waals surface area contributed by atoms with Gasteiger partial charge in [0.15, 0.2) is 0 Å². The van der Waals surface area contributed by atoms with Gasteiger partial charge in [-0.15, -0.1) is 0 Å². The van der Waals surface area contributed by atoms with Crippen molar-refractivity contribution < 1.29 is 9.59 Å². The second kappa shape index (κ2) is 4.94. The van der Waals surface area contributed by atoms with Crippen molar-refractivity contribution >= 4 is 12.1 Å². The third kappa shape index (κ3) is 3.29. The van der Waals surface area contributed by atoms with E-state index in [1.54, 1.807) is 6.92 Å². The molecule has 0 aromatic heterocycles. The highest BCUT2D eigenvalue weighted by molar-refractivity contribution is 5.82. The van der Waals surface area contributed by atoms with Crippen molar-refractivity contribution in [1.29, 1.82) is 0 Å². The van der Waals surface area contributed by atoms with E-state index in [0.717, 1.165) is 36.7 Å². The van der Waals surface area contributed by atoms with Crippen molar-refractivity contribution in [1.82, 2.24) is 0 Å². The molecule has 90 valence electrons. The fourth-order valence-corrected chi connectivity index (χ4v) is 2.39. The first kappa shape index (κ1) is 13.1. The van der Waals surface area contributed by atoms with E-state index in [-0.39, 0.29) is 11.2 Å². The Hall–Kier alpha value is -0.920. The number of rotatable bonds is 3. The molecule has 0 saturated heterocycles. The van der Waals surface area contributed by atoms with Gasteiger partial charge in [0, 0.05) is 6.42 Å². The van der Waals surface area contributed by atoms with Crippen LogP contribution < -0.4 is 0 Å². The van der Waals surface area contributed by atoms with Gasteiger partial charge in [0.2, 0.25) is 0 Å². The van der Waals surface area contributed by atoms with Crippen LogP contribution in [0.3, 0.4) is 0 Å². The molecule has 0 amide bonds. The molecule has 1 aliphatic rings. The van der Waals surface area contributed by atoms with Crippen LogP contribution in [-0.2, 0) is 9.59 Å². The van der Waals surface area contributed by atoms with Gasteiger partial charge in [-0.3, -0.25) is 9.59 Å². The van der Waals surface area contributed by atoms with Crippen LogP contribution >= 0.6 is 0 Å². The van der Waals surface area contributed by atoms with Gasteiger partial charge < -0.3 is 0 Å². The largest absolute Gasteiger partial charge is 0.300 e. The van der Waals surface area contributed by atoms with E-state index in [0.29, 0.717) is 12.3 Å². The number of carbonyl (C=O) groups is 2. The highest BCUT2D eigenvalue weighted by Crippen LogP contribution is 2.40. The van der Waals surface area contributed by atoms with Crippen LogP contribution in [0.15, 0.2) is 11.1 Å². The predicted octanol–water partition coefficient (Wildman–Crippen LogP) is 3.31. The van der Waals surface area contributed by atoms with Crippen LogP contribution in [0.2, 0.25) is 0 Å². The summed E-state index contributed by atoms with van der Waals surface area (Å²) in [4.78, 5) is 22.2. The van der Waals surface area contributed by atoms with E-state index in [9.17, 15) is 9.59 Å². The zero-order valence-electron chi connectivity index (χ0n) is 10.8. The van der Waals surface area contributed by atoms with Gasteiger partial charge in [-0.2, -0.15) is 0 Å². The summed E-state index contributed by atoms with van der Waals surface area (Å²) >= 11 is 0. The van der Waals surface area contributed by atoms with Crippen molar-refractivity contribution in [3.8, 4) is 0 Å². The Morgan fingerprint density at radius 1 is 1.44 bits per heavy atom. The zero-order valence-corrected chi connectivity index (χ0v) is 10.8. The Morgan fingerprint density at radius 3 is 2.50 bits per heavy atom. The summed E-state index contributed by atoms with van der Waals surface area (Å²) < 4.78 is 0. The van der Waals surface area contributed by atoms with E-state index in [4.69, 9.17) is 0 Å². The van der Waals surface area contributed by atoms with Gasteiger partial charge in [-0.1, -0.05) is 26.3 Å². The van der Waals surface area contributed by atoms with Crippen molar-refractivity contribution in [2.45, 2.75) is 53.4 Å². The summed E-state index contributed by atoms with van der Waals surface area (Å²) in [6, 6.07) is 0. The van der Waals surface area contributed by atoms with Gasteiger partial charge in [-0.25, -0.2) is 0 Å². The van der Waals surface area contributed by atoms with Crippen molar-refractivity contribution in [2.24, 2.45) is 11.3 Å². The minimum Gasteiger partial charge on any atom is -0.300 e. The van der Waals surface area contributed by atoms with Gasteiger partial charge in [0.05, 0.1) is 0 Å². The number of hydrogen-bond acceptors (Lipinski definition) is 2. The van der Waals surface area contributed by atoms with Crippen LogP contribution in [-0.4, -0.2) is 12.1 Å². The number of carbonyl (C=O) groups excluding carboxylic acids is 2. The molecular weight excluding hydrogens is 200 g/mol. The average molecular weight is 222 g/mol. The van der Waals surface area contributed by atoms with Gasteiger partial charge >= 0.3 is 0 Å². The Bertz CT molecular complexity index is 318. The van der Waals surface area contributed by atoms with Gasteiger partial charge in [0.1, 0.15) is 12.1 Å². The quantitative estimate of drug-likeness (QED) is 0.686. The Kier molecular flexibility index (Phi) is 4.06. The van der Waals surface area contributed by atoms with E-state index in [1.165, 1.54) is 0 Å². The standard InChI is InChI=1S/C14H22O2/c1-10(16)7-11-5-6-13(14(2,3)4)8-12(11)9-15/h9,13H,5-8H2,1-4H3.